The molecule has 0 unspecified atom stereocenters. The van der Waals surface area contributed by atoms with Crippen molar-refractivity contribution in [2.75, 3.05) is 6.61 Å². The van der Waals surface area contributed by atoms with Crippen LogP contribution in [0.4, 0.5) is 5.69 Å². The fraction of sp³-hybridized carbons (Fsp3) is 0.118. The highest BCUT2D eigenvalue weighted by Crippen LogP contribution is 2.20. The van der Waals surface area contributed by atoms with Gasteiger partial charge in [-0.05, 0) is 37.3 Å². The fourth-order valence-electron chi connectivity index (χ4n) is 1.91. The van der Waals surface area contributed by atoms with E-state index in [9.17, 15) is 14.9 Å². The van der Waals surface area contributed by atoms with Gasteiger partial charge in [0.2, 0.25) is 0 Å². The number of nitro groups is 1. The molecular formula is C17H15NO4. The minimum atomic E-state index is -0.498. The maximum atomic E-state index is 12.1. The Morgan fingerprint density at radius 1 is 1.18 bits per heavy atom. The van der Waals surface area contributed by atoms with E-state index in [1.165, 1.54) is 30.3 Å². The quantitative estimate of drug-likeness (QED) is 0.351. The van der Waals surface area contributed by atoms with E-state index in [2.05, 4.69) is 0 Å². The van der Waals surface area contributed by atoms with Crippen molar-refractivity contribution in [3.63, 3.8) is 0 Å². The van der Waals surface area contributed by atoms with Crippen molar-refractivity contribution in [2.45, 2.75) is 6.92 Å². The lowest BCUT2D eigenvalue weighted by molar-refractivity contribution is -0.384. The molecule has 2 rings (SSSR count). The summed E-state index contributed by atoms with van der Waals surface area (Å²) in [7, 11) is 0. The second-order valence-corrected chi connectivity index (χ2v) is 4.47. The number of ketones is 1. The van der Waals surface area contributed by atoms with Gasteiger partial charge < -0.3 is 4.74 Å². The Balaban J connectivity index is 2.16. The van der Waals surface area contributed by atoms with E-state index in [0.29, 0.717) is 17.9 Å². The molecule has 112 valence electrons. The number of para-hydroxylation sites is 1. The lowest BCUT2D eigenvalue weighted by Crippen LogP contribution is -1.96. The Morgan fingerprint density at radius 3 is 2.50 bits per heavy atom. The number of carbonyl (C=O) groups is 1. The van der Waals surface area contributed by atoms with Crippen molar-refractivity contribution in [1.29, 1.82) is 0 Å². The number of rotatable bonds is 6. The molecule has 0 aromatic heterocycles. The van der Waals surface area contributed by atoms with Gasteiger partial charge in [0.1, 0.15) is 5.75 Å². The predicted molar refractivity (Wildman–Crippen MR) is 84.1 cm³/mol. The number of hydrogen-bond donors (Lipinski definition) is 0. The number of nitro benzene ring substituents is 1. The molecule has 0 saturated carbocycles. The van der Waals surface area contributed by atoms with Crippen LogP contribution in [0.2, 0.25) is 0 Å². The Hall–Kier alpha value is -2.95. The molecular weight excluding hydrogens is 282 g/mol. The van der Waals surface area contributed by atoms with E-state index in [1.807, 2.05) is 31.2 Å². The van der Waals surface area contributed by atoms with Crippen molar-refractivity contribution in [1.82, 2.24) is 0 Å². The zero-order valence-corrected chi connectivity index (χ0v) is 12.1. The van der Waals surface area contributed by atoms with Crippen LogP contribution in [0.5, 0.6) is 5.75 Å². The SMILES string of the molecule is CCOc1ccccc1/C=C/C(=O)c1ccc([N+](=O)[O-])cc1. The first-order valence-corrected chi connectivity index (χ1v) is 6.80. The van der Waals surface area contributed by atoms with E-state index in [1.54, 1.807) is 6.08 Å². The Kier molecular flexibility index (Phi) is 5.03. The van der Waals surface area contributed by atoms with Gasteiger partial charge in [0.05, 0.1) is 11.5 Å². The molecule has 2 aromatic carbocycles. The zero-order valence-electron chi connectivity index (χ0n) is 12.1. The minimum Gasteiger partial charge on any atom is -0.493 e. The smallest absolute Gasteiger partial charge is 0.269 e. The van der Waals surface area contributed by atoms with Gasteiger partial charge in [0, 0.05) is 23.3 Å². The number of non-ortho nitro benzene ring substituents is 1. The molecule has 0 saturated heterocycles. The number of nitrogens with zero attached hydrogens (tertiary/aromatic N) is 1. The number of allylic oxidation sites excluding steroid dienone is 1. The van der Waals surface area contributed by atoms with E-state index >= 15 is 0 Å². The highest BCUT2D eigenvalue weighted by Gasteiger charge is 2.07. The molecule has 5 heteroatoms. The van der Waals surface area contributed by atoms with E-state index in [4.69, 9.17) is 4.74 Å². The third-order valence-corrected chi connectivity index (χ3v) is 3.00. The second-order valence-electron chi connectivity index (χ2n) is 4.47. The van der Waals surface area contributed by atoms with Crippen LogP contribution in [0.15, 0.2) is 54.6 Å². The summed E-state index contributed by atoms with van der Waals surface area (Å²) in [6, 6.07) is 12.9. The first kappa shape index (κ1) is 15.4. The van der Waals surface area contributed by atoms with Crippen LogP contribution in [0.1, 0.15) is 22.8 Å². The molecule has 0 heterocycles. The van der Waals surface area contributed by atoms with Crippen LogP contribution in [0, 0.1) is 10.1 Å². The Labute approximate surface area is 128 Å². The van der Waals surface area contributed by atoms with Crippen LogP contribution in [0.3, 0.4) is 0 Å². The average molecular weight is 297 g/mol. The number of benzene rings is 2. The first-order chi connectivity index (χ1) is 10.6. The molecule has 2 aromatic rings. The molecule has 0 spiro atoms. The largest absolute Gasteiger partial charge is 0.493 e. The topological polar surface area (TPSA) is 69.4 Å². The van der Waals surface area contributed by atoms with Gasteiger partial charge in [-0.25, -0.2) is 0 Å². The number of hydrogen-bond acceptors (Lipinski definition) is 4. The molecule has 0 amide bonds. The molecule has 0 aliphatic rings. The third-order valence-electron chi connectivity index (χ3n) is 3.00. The molecule has 0 bridgehead atoms. The van der Waals surface area contributed by atoms with Crippen LogP contribution in [0.25, 0.3) is 6.08 Å². The van der Waals surface area contributed by atoms with Crippen molar-refractivity contribution in [2.24, 2.45) is 0 Å². The lowest BCUT2D eigenvalue weighted by Gasteiger charge is -2.06. The third kappa shape index (κ3) is 3.79. The normalized spacial score (nSPS) is 10.6. The first-order valence-electron chi connectivity index (χ1n) is 6.80. The van der Waals surface area contributed by atoms with Crippen LogP contribution in [-0.4, -0.2) is 17.3 Å². The van der Waals surface area contributed by atoms with Crippen molar-refractivity contribution < 1.29 is 14.5 Å². The summed E-state index contributed by atoms with van der Waals surface area (Å²) in [5, 5.41) is 10.6. The average Bonchev–Trinajstić information content (AvgIpc) is 2.54. The summed E-state index contributed by atoms with van der Waals surface area (Å²) in [5.74, 6) is 0.485. The maximum absolute atomic E-state index is 12.1. The molecule has 0 N–H and O–H groups in total. The van der Waals surface area contributed by atoms with Crippen LogP contribution < -0.4 is 4.74 Å². The molecule has 0 aliphatic heterocycles. The van der Waals surface area contributed by atoms with Gasteiger partial charge in [-0.15, -0.1) is 0 Å². The maximum Gasteiger partial charge on any atom is 0.269 e. The lowest BCUT2D eigenvalue weighted by atomic mass is 10.1. The van der Waals surface area contributed by atoms with Gasteiger partial charge in [-0.3, -0.25) is 14.9 Å². The van der Waals surface area contributed by atoms with Crippen LogP contribution in [-0.2, 0) is 0 Å². The van der Waals surface area contributed by atoms with Crippen molar-refractivity contribution in [3.05, 3.63) is 75.8 Å². The fourth-order valence-corrected chi connectivity index (χ4v) is 1.91. The van der Waals surface area contributed by atoms with Gasteiger partial charge >= 0.3 is 0 Å². The monoisotopic (exact) mass is 297 g/mol. The standard InChI is InChI=1S/C17H15NO4/c1-2-22-17-6-4-3-5-14(17)9-12-16(19)13-7-10-15(11-8-13)18(20)21/h3-12H,2H2,1H3/b12-9+. The highest BCUT2D eigenvalue weighted by atomic mass is 16.6. The molecule has 0 aliphatic carbocycles. The Bertz CT molecular complexity index is 705. The van der Waals surface area contributed by atoms with Gasteiger partial charge in [0.15, 0.2) is 5.78 Å². The molecule has 0 atom stereocenters. The van der Waals surface area contributed by atoms with Crippen molar-refractivity contribution in [3.8, 4) is 5.75 Å². The molecule has 0 radical (unpaired) electrons. The summed E-state index contributed by atoms with van der Waals surface area (Å²) in [6.07, 6.45) is 3.10. The number of carbonyl (C=O) groups excluding carboxylic acids is 1. The van der Waals surface area contributed by atoms with Gasteiger partial charge in [0.25, 0.3) is 5.69 Å². The second kappa shape index (κ2) is 7.17. The minimum absolute atomic E-state index is 0.0396. The van der Waals surface area contributed by atoms with E-state index < -0.39 is 4.92 Å². The summed E-state index contributed by atoms with van der Waals surface area (Å²) >= 11 is 0. The summed E-state index contributed by atoms with van der Waals surface area (Å²) in [6.45, 7) is 2.43. The van der Waals surface area contributed by atoms with E-state index in [0.717, 1.165) is 5.56 Å². The van der Waals surface area contributed by atoms with Crippen LogP contribution >= 0.6 is 0 Å². The predicted octanol–water partition coefficient (Wildman–Crippen LogP) is 3.89. The van der Waals surface area contributed by atoms with Gasteiger partial charge in [-0.1, -0.05) is 18.2 Å². The Morgan fingerprint density at radius 2 is 1.86 bits per heavy atom. The van der Waals surface area contributed by atoms with E-state index in [-0.39, 0.29) is 11.5 Å². The molecule has 22 heavy (non-hydrogen) atoms. The summed E-state index contributed by atoms with van der Waals surface area (Å²) in [5.41, 5.74) is 1.16. The van der Waals surface area contributed by atoms with Crippen molar-refractivity contribution >= 4 is 17.5 Å². The summed E-state index contributed by atoms with van der Waals surface area (Å²) < 4.78 is 5.48. The number of ether oxygens (including phenoxy) is 1. The zero-order chi connectivity index (χ0) is 15.9. The molecule has 5 nitrogen and oxygen atoms in total. The highest BCUT2D eigenvalue weighted by molar-refractivity contribution is 6.07. The summed E-state index contributed by atoms with van der Waals surface area (Å²) in [4.78, 5) is 22.2. The molecule has 0 fully saturated rings. The van der Waals surface area contributed by atoms with Gasteiger partial charge in [-0.2, -0.15) is 0 Å².